The summed E-state index contributed by atoms with van der Waals surface area (Å²) < 4.78 is 2.75. The van der Waals surface area contributed by atoms with Crippen LogP contribution in [0.2, 0.25) is 0 Å². The van der Waals surface area contributed by atoms with Crippen LogP contribution in [-0.2, 0) is 23.7 Å². The molecule has 0 amide bonds. The fourth-order valence-corrected chi connectivity index (χ4v) is 11.5. The van der Waals surface area contributed by atoms with Gasteiger partial charge in [0, 0.05) is 20.2 Å². The van der Waals surface area contributed by atoms with E-state index in [4.69, 9.17) is 0 Å². The summed E-state index contributed by atoms with van der Waals surface area (Å²) in [5.41, 5.74) is 13.4. The number of hydrogen-bond acceptors (Lipinski definition) is 1. The second-order valence-electron chi connectivity index (χ2n) is 14.9. The summed E-state index contributed by atoms with van der Waals surface area (Å²) in [7, 11) is 0. The largest absolute Gasteiger partial charge is 0.135 e. The molecule has 0 aliphatic heterocycles. The lowest BCUT2D eigenvalue weighted by molar-refractivity contribution is -0.0281. The maximum Gasteiger partial charge on any atom is 0.0355 e. The molecule has 0 spiro atoms. The van der Waals surface area contributed by atoms with Gasteiger partial charge in [-0.2, -0.15) is 0 Å². The molecule has 45 heavy (non-hydrogen) atoms. The van der Waals surface area contributed by atoms with Crippen molar-refractivity contribution < 1.29 is 0 Å². The Bertz CT molecular complexity index is 2130. The standard InChI is InChI=1S/C44H38S/c1-2-28-3-13-37(14-4-28)43-23-29-19-30(24-43)26-44(25-29,27-43)38-15-9-32(10-16-38)35-11-17-41-39(21-35)40-22-36(12-18-42(40)45-41)34-8-6-31-5-7-33(31)20-34/h2-4,6,8-18,20-22,29-30H,1,5,7,19,23-27H2. The molecule has 1 heterocycles. The van der Waals surface area contributed by atoms with Crippen LogP contribution in [0, 0.1) is 11.8 Å². The zero-order valence-corrected chi connectivity index (χ0v) is 26.6. The van der Waals surface area contributed by atoms with Crippen molar-refractivity contribution in [2.24, 2.45) is 11.8 Å². The van der Waals surface area contributed by atoms with Crippen LogP contribution in [0.3, 0.4) is 0 Å². The summed E-state index contributed by atoms with van der Waals surface area (Å²) in [6.07, 6.45) is 12.7. The Kier molecular flexibility index (Phi) is 5.57. The van der Waals surface area contributed by atoms with Crippen LogP contribution in [0.25, 0.3) is 48.5 Å². The van der Waals surface area contributed by atoms with Gasteiger partial charge >= 0.3 is 0 Å². The topological polar surface area (TPSA) is 0 Å². The summed E-state index contributed by atoms with van der Waals surface area (Å²) in [5, 5.41) is 2.77. The normalized spacial score (nSPS) is 26.2. The molecule has 0 N–H and O–H groups in total. The van der Waals surface area contributed by atoms with E-state index in [1.807, 2.05) is 17.4 Å². The summed E-state index contributed by atoms with van der Waals surface area (Å²) in [4.78, 5) is 0. The molecular formula is C44H38S. The molecule has 220 valence electrons. The summed E-state index contributed by atoms with van der Waals surface area (Å²) in [5.74, 6) is 1.72. The Morgan fingerprint density at radius 3 is 1.62 bits per heavy atom. The minimum absolute atomic E-state index is 0.322. The average Bonchev–Trinajstić information content (AvgIpc) is 3.42. The molecule has 2 unspecified atom stereocenters. The predicted octanol–water partition coefficient (Wildman–Crippen LogP) is 11.9. The number of fused-ring (bicyclic) bond motifs is 4. The SMILES string of the molecule is C=Cc1ccc(C23CC4CC(C2)CC(c2ccc(-c5ccc6sc7ccc(-c8ccc9c(c8)CC9)cc7c6c5)cc2)(C4)C3)cc1. The second kappa shape index (κ2) is 9.54. The maximum atomic E-state index is 3.98. The van der Waals surface area contributed by atoms with Gasteiger partial charge in [0.15, 0.2) is 0 Å². The Hall–Kier alpha value is -3.94. The minimum Gasteiger partial charge on any atom is -0.135 e. The van der Waals surface area contributed by atoms with Crippen LogP contribution in [0.4, 0.5) is 0 Å². The van der Waals surface area contributed by atoms with E-state index >= 15 is 0 Å². The summed E-state index contributed by atoms with van der Waals surface area (Å²) in [6.45, 7) is 3.98. The Morgan fingerprint density at radius 1 is 0.556 bits per heavy atom. The van der Waals surface area contributed by atoms with Gasteiger partial charge in [0.05, 0.1) is 0 Å². The number of rotatable bonds is 5. The maximum absolute atomic E-state index is 3.98. The van der Waals surface area contributed by atoms with Crippen LogP contribution in [0.1, 0.15) is 66.3 Å². The van der Waals surface area contributed by atoms with Crippen molar-refractivity contribution >= 4 is 37.6 Å². The first-order chi connectivity index (χ1) is 22.1. The predicted molar refractivity (Wildman–Crippen MR) is 192 cm³/mol. The molecule has 6 aromatic rings. The first-order valence-electron chi connectivity index (χ1n) is 17.0. The summed E-state index contributed by atoms with van der Waals surface area (Å²) >= 11 is 1.92. The highest BCUT2D eigenvalue weighted by atomic mass is 32.1. The van der Waals surface area contributed by atoms with E-state index < -0.39 is 0 Å². The minimum atomic E-state index is 0.322. The highest BCUT2D eigenvalue weighted by Gasteiger charge is 2.58. The molecule has 5 aliphatic rings. The van der Waals surface area contributed by atoms with Gasteiger partial charge in [-0.05, 0) is 148 Å². The molecule has 0 nitrogen and oxygen atoms in total. The monoisotopic (exact) mass is 598 g/mol. The van der Waals surface area contributed by atoms with Crippen molar-refractivity contribution in [2.45, 2.75) is 62.2 Å². The molecule has 4 saturated carbocycles. The van der Waals surface area contributed by atoms with Crippen LogP contribution in [0.5, 0.6) is 0 Å². The zero-order chi connectivity index (χ0) is 29.8. The molecule has 0 radical (unpaired) electrons. The molecule has 0 saturated heterocycles. The molecular weight excluding hydrogens is 561 g/mol. The van der Waals surface area contributed by atoms with Gasteiger partial charge in [0.1, 0.15) is 0 Å². The fraction of sp³-hybridized carbons (Fsp3) is 0.273. The van der Waals surface area contributed by atoms with Gasteiger partial charge in [-0.1, -0.05) is 91.5 Å². The lowest BCUT2D eigenvalue weighted by atomic mass is 9.41. The van der Waals surface area contributed by atoms with E-state index in [0.717, 1.165) is 11.8 Å². The van der Waals surface area contributed by atoms with Gasteiger partial charge in [0.2, 0.25) is 0 Å². The van der Waals surface area contributed by atoms with Crippen molar-refractivity contribution in [3.63, 3.8) is 0 Å². The Balaban J connectivity index is 0.988. The number of thiophene rings is 1. The number of benzene rings is 5. The van der Waals surface area contributed by atoms with Crippen molar-refractivity contribution in [1.82, 2.24) is 0 Å². The molecule has 4 fully saturated rings. The van der Waals surface area contributed by atoms with Gasteiger partial charge in [-0.15, -0.1) is 11.3 Å². The summed E-state index contributed by atoms with van der Waals surface area (Å²) in [6, 6.07) is 40.4. The van der Waals surface area contributed by atoms with Crippen LogP contribution in [0.15, 0.2) is 110 Å². The van der Waals surface area contributed by atoms with Crippen molar-refractivity contribution in [3.05, 3.63) is 138 Å². The van der Waals surface area contributed by atoms with E-state index in [0.29, 0.717) is 10.8 Å². The first kappa shape index (κ1) is 26.3. The van der Waals surface area contributed by atoms with E-state index in [1.54, 1.807) is 11.1 Å². The fourth-order valence-electron chi connectivity index (χ4n) is 10.4. The molecule has 5 aromatic carbocycles. The Labute approximate surface area is 270 Å². The van der Waals surface area contributed by atoms with Crippen LogP contribution >= 0.6 is 11.3 Å². The van der Waals surface area contributed by atoms with Crippen molar-refractivity contribution in [1.29, 1.82) is 0 Å². The van der Waals surface area contributed by atoms with Crippen molar-refractivity contribution in [3.8, 4) is 22.3 Å². The average molecular weight is 599 g/mol. The van der Waals surface area contributed by atoms with E-state index in [1.165, 1.54) is 110 Å². The lowest BCUT2D eigenvalue weighted by Crippen LogP contribution is -2.55. The van der Waals surface area contributed by atoms with E-state index in [-0.39, 0.29) is 0 Å². The highest BCUT2D eigenvalue weighted by molar-refractivity contribution is 7.25. The van der Waals surface area contributed by atoms with Crippen LogP contribution < -0.4 is 0 Å². The molecule has 2 atom stereocenters. The number of aryl methyl sites for hydroxylation is 2. The third-order valence-corrected chi connectivity index (χ3v) is 13.5. The highest BCUT2D eigenvalue weighted by Crippen LogP contribution is 2.66. The van der Waals surface area contributed by atoms with Gasteiger partial charge in [-0.3, -0.25) is 0 Å². The molecule has 1 aromatic heterocycles. The third kappa shape index (κ3) is 4.03. The van der Waals surface area contributed by atoms with E-state index in [9.17, 15) is 0 Å². The van der Waals surface area contributed by atoms with Crippen LogP contribution in [-0.4, -0.2) is 0 Å². The Morgan fingerprint density at radius 2 is 1.07 bits per heavy atom. The van der Waals surface area contributed by atoms with Crippen molar-refractivity contribution in [2.75, 3.05) is 0 Å². The molecule has 5 aliphatic carbocycles. The van der Waals surface area contributed by atoms with Gasteiger partial charge in [-0.25, -0.2) is 0 Å². The zero-order valence-electron chi connectivity index (χ0n) is 25.8. The molecule has 11 rings (SSSR count). The van der Waals surface area contributed by atoms with Gasteiger partial charge < -0.3 is 0 Å². The smallest absolute Gasteiger partial charge is 0.0355 e. The quantitative estimate of drug-likeness (QED) is 0.185. The molecule has 1 heteroatoms. The molecule has 4 bridgehead atoms. The number of hydrogen-bond donors (Lipinski definition) is 0. The van der Waals surface area contributed by atoms with Gasteiger partial charge in [0.25, 0.3) is 0 Å². The second-order valence-corrected chi connectivity index (χ2v) is 16.0. The third-order valence-electron chi connectivity index (χ3n) is 12.3. The lowest BCUT2D eigenvalue weighted by Gasteiger charge is -2.63. The first-order valence-corrected chi connectivity index (χ1v) is 17.8. The van der Waals surface area contributed by atoms with E-state index in [2.05, 4.69) is 110 Å².